The second-order valence-corrected chi connectivity index (χ2v) is 6.54. The average molecular weight is 252 g/mol. The Hall–Kier alpha value is -0.0800. The topological polar surface area (TPSA) is 6.48 Å². The van der Waals surface area contributed by atoms with Gasteiger partial charge in [0, 0.05) is 19.1 Å². The van der Waals surface area contributed by atoms with Crippen LogP contribution in [-0.4, -0.2) is 48.6 Å². The Morgan fingerprint density at radius 1 is 1.17 bits per heavy atom. The normalized spacial score (nSPS) is 35.3. The van der Waals surface area contributed by atoms with Gasteiger partial charge in [0.2, 0.25) is 0 Å². The fourth-order valence-electron chi connectivity index (χ4n) is 3.94. The second kappa shape index (κ2) is 6.91. The smallest absolute Gasteiger partial charge is 0.00698 e. The van der Waals surface area contributed by atoms with Crippen molar-refractivity contribution in [2.24, 2.45) is 11.8 Å². The van der Waals surface area contributed by atoms with Gasteiger partial charge in [-0.25, -0.2) is 0 Å². The largest absolute Gasteiger partial charge is 0.303 e. The lowest BCUT2D eigenvalue weighted by Gasteiger charge is -2.50. The van der Waals surface area contributed by atoms with Crippen molar-refractivity contribution in [1.29, 1.82) is 0 Å². The first-order valence-electron chi connectivity index (χ1n) is 8.21. The molecule has 3 fully saturated rings. The van der Waals surface area contributed by atoms with Crippen LogP contribution >= 0.6 is 0 Å². The summed E-state index contributed by atoms with van der Waals surface area (Å²) in [6, 6.07) is 0.857. The molecule has 4 unspecified atom stereocenters. The van der Waals surface area contributed by atoms with E-state index in [0.717, 1.165) is 17.9 Å². The zero-order chi connectivity index (χ0) is 13.0. The summed E-state index contributed by atoms with van der Waals surface area (Å²) in [5.41, 5.74) is 0. The monoisotopic (exact) mass is 252 g/mol. The number of nitrogens with zero attached hydrogens (tertiary/aromatic N) is 2. The molecule has 3 rings (SSSR count). The molecule has 0 aromatic carbocycles. The summed E-state index contributed by atoms with van der Waals surface area (Å²) in [4.78, 5) is 5.47. The predicted molar refractivity (Wildman–Crippen MR) is 78.9 cm³/mol. The fraction of sp³-hybridized carbons (Fsp3) is 1.00. The molecule has 3 aliphatic heterocycles. The van der Waals surface area contributed by atoms with Gasteiger partial charge in [0.1, 0.15) is 0 Å². The highest BCUT2D eigenvalue weighted by molar-refractivity contribution is 4.91. The highest BCUT2D eigenvalue weighted by Crippen LogP contribution is 2.36. The van der Waals surface area contributed by atoms with Crippen molar-refractivity contribution in [3.8, 4) is 0 Å². The van der Waals surface area contributed by atoms with Gasteiger partial charge < -0.3 is 9.80 Å². The van der Waals surface area contributed by atoms with Crippen LogP contribution in [-0.2, 0) is 0 Å². The molecule has 3 saturated heterocycles. The van der Waals surface area contributed by atoms with Crippen molar-refractivity contribution in [3.05, 3.63) is 0 Å². The molecule has 0 aromatic heterocycles. The molecule has 2 bridgehead atoms. The van der Waals surface area contributed by atoms with Crippen LogP contribution in [0.4, 0.5) is 0 Å². The molecule has 2 nitrogen and oxygen atoms in total. The minimum atomic E-state index is 0.857. The summed E-state index contributed by atoms with van der Waals surface area (Å²) in [5.74, 6) is 1.98. The van der Waals surface area contributed by atoms with Gasteiger partial charge in [-0.3, -0.25) is 0 Å². The molecule has 3 heterocycles. The Labute approximate surface area is 114 Å². The van der Waals surface area contributed by atoms with Crippen LogP contribution in [0.1, 0.15) is 52.9 Å². The van der Waals surface area contributed by atoms with Gasteiger partial charge in [0.05, 0.1) is 0 Å². The van der Waals surface area contributed by atoms with E-state index in [4.69, 9.17) is 0 Å². The van der Waals surface area contributed by atoms with Crippen molar-refractivity contribution in [1.82, 2.24) is 9.80 Å². The van der Waals surface area contributed by atoms with E-state index < -0.39 is 0 Å². The predicted octanol–water partition coefficient (Wildman–Crippen LogP) is 3.23. The Balaban J connectivity index is 1.83. The third-order valence-electron chi connectivity index (χ3n) is 5.05. The highest BCUT2D eigenvalue weighted by Gasteiger charge is 2.38. The Bertz CT molecular complexity index is 241. The maximum Gasteiger partial charge on any atom is 0.00698 e. The van der Waals surface area contributed by atoms with Crippen molar-refractivity contribution in [3.63, 3.8) is 0 Å². The van der Waals surface area contributed by atoms with Crippen LogP contribution < -0.4 is 0 Å². The van der Waals surface area contributed by atoms with Crippen LogP contribution in [0.2, 0.25) is 0 Å². The van der Waals surface area contributed by atoms with Crippen LogP contribution in [0.5, 0.6) is 0 Å². The van der Waals surface area contributed by atoms with Gasteiger partial charge in [-0.15, -0.1) is 0 Å². The van der Waals surface area contributed by atoms with Gasteiger partial charge in [0.25, 0.3) is 0 Å². The van der Waals surface area contributed by atoms with Crippen molar-refractivity contribution >= 4 is 0 Å². The van der Waals surface area contributed by atoms with Crippen molar-refractivity contribution in [2.75, 3.05) is 32.7 Å². The lowest BCUT2D eigenvalue weighted by atomic mass is 9.76. The molecular formula is C16H32N2. The molecule has 18 heavy (non-hydrogen) atoms. The lowest BCUT2D eigenvalue weighted by molar-refractivity contribution is -0.00582. The number of piperidine rings is 3. The van der Waals surface area contributed by atoms with E-state index in [1.54, 1.807) is 0 Å². The highest BCUT2D eigenvalue weighted by atomic mass is 15.2. The quantitative estimate of drug-likeness (QED) is 0.686. The van der Waals surface area contributed by atoms with Crippen molar-refractivity contribution < 1.29 is 0 Å². The first-order chi connectivity index (χ1) is 8.74. The first kappa shape index (κ1) is 14.3. The number of hydrogen-bond acceptors (Lipinski definition) is 2. The summed E-state index contributed by atoms with van der Waals surface area (Å²) < 4.78 is 0. The zero-order valence-electron chi connectivity index (χ0n) is 12.7. The van der Waals surface area contributed by atoms with Gasteiger partial charge in [-0.1, -0.05) is 20.3 Å². The van der Waals surface area contributed by atoms with E-state index in [1.807, 2.05) is 0 Å². The lowest BCUT2D eigenvalue weighted by Crippen LogP contribution is -2.54. The minimum Gasteiger partial charge on any atom is -0.303 e. The Morgan fingerprint density at radius 2 is 2.00 bits per heavy atom. The summed E-state index contributed by atoms with van der Waals surface area (Å²) in [6.45, 7) is 13.8. The molecule has 106 valence electrons. The summed E-state index contributed by atoms with van der Waals surface area (Å²) in [7, 11) is 0. The molecule has 0 amide bonds. The maximum atomic E-state index is 2.74. The molecule has 3 aliphatic rings. The van der Waals surface area contributed by atoms with Crippen LogP contribution in [0.15, 0.2) is 0 Å². The van der Waals surface area contributed by atoms with E-state index in [1.165, 1.54) is 64.8 Å². The molecule has 4 atom stereocenters. The standard InChI is InChI=1S/C16H32N2/c1-4-6-9-17(8-5-2)12-16-13-18-10-7-15(16)11-14(18)3/h14-16H,4-13H2,1-3H3. The molecule has 0 N–H and O–H groups in total. The first-order valence-corrected chi connectivity index (χ1v) is 8.21. The van der Waals surface area contributed by atoms with E-state index >= 15 is 0 Å². The molecule has 0 radical (unpaired) electrons. The van der Waals surface area contributed by atoms with E-state index in [9.17, 15) is 0 Å². The molecule has 0 aliphatic carbocycles. The maximum absolute atomic E-state index is 2.74. The third-order valence-corrected chi connectivity index (χ3v) is 5.05. The fourth-order valence-corrected chi connectivity index (χ4v) is 3.94. The Kier molecular flexibility index (Phi) is 5.50. The molecule has 2 heteroatoms. The van der Waals surface area contributed by atoms with E-state index in [2.05, 4.69) is 30.6 Å². The van der Waals surface area contributed by atoms with E-state index in [-0.39, 0.29) is 0 Å². The number of unbranched alkanes of at least 4 members (excludes halogenated alkanes) is 1. The molecular weight excluding hydrogens is 220 g/mol. The number of rotatable bonds is 7. The zero-order valence-corrected chi connectivity index (χ0v) is 12.7. The van der Waals surface area contributed by atoms with Gasteiger partial charge >= 0.3 is 0 Å². The molecule has 0 aromatic rings. The number of fused-ring (bicyclic) bond motifs is 3. The summed E-state index contributed by atoms with van der Waals surface area (Å²) in [6.07, 6.45) is 6.93. The molecule has 0 spiro atoms. The molecule has 0 saturated carbocycles. The van der Waals surface area contributed by atoms with Crippen LogP contribution in [0.3, 0.4) is 0 Å². The number of hydrogen-bond donors (Lipinski definition) is 0. The van der Waals surface area contributed by atoms with Crippen LogP contribution in [0, 0.1) is 11.8 Å². The van der Waals surface area contributed by atoms with Gasteiger partial charge in [0.15, 0.2) is 0 Å². The van der Waals surface area contributed by atoms with E-state index in [0.29, 0.717) is 0 Å². The second-order valence-electron chi connectivity index (χ2n) is 6.54. The van der Waals surface area contributed by atoms with Gasteiger partial charge in [-0.2, -0.15) is 0 Å². The average Bonchev–Trinajstić information content (AvgIpc) is 2.37. The van der Waals surface area contributed by atoms with Crippen molar-refractivity contribution in [2.45, 2.75) is 58.9 Å². The SMILES string of the molecule is CCCCN(CCC)CC1CN2CCC1CC2C. The Morgan fingerprint density at radius 3 is 2.56 bits per heavy atom. The summed E-state index contributed by atoms with van der Waals surface area (Å²) in [5, 5.41) is 0. The van der Waals surface area contributed by atoms with Gasteiger partial charge in [-0.05, 0) is 64.1 Å². The minimum absolute atomic E-state index is 0.857. The third kappa shape index (κ3) is 3.48. The summed E-state index contributed by atoms with van der Waals surface area (Å²) >= 11 is 0. The van der Waals surface area contributed by atoms with Crippen LogP contribution in [0.25, 0.3) is 0 Å².